The predicted octanol–water partition coefficient (Wildman–Crippen LogP) is 3.01. The topological polar surface area (TPSA) is 58.6 Å². The van der Waals surface area contributed by atoms with Crippen molar-refractivity contribution in [2.24, 2.45) is 0 Å². The summed E-state index contributed by atoms with van der Waals surface area (Å²) in [6.45, 7) is 1.94. The molecule has 0 amide bonds. The molecule has 0 aliphatic rings. The van der Waals surface area contributed by atoms with Gasteiger partial charge in [-0.1, -0.05) is 24.9 Å². The Bertz CT molecular complexity index is 395. The van der Waals surface area contributed by atoms with Gasteiger partial charge in [0.2, 0.25) is 0 Å². The molecule has 0 bridgehead atoms. The van der Waals surface area contributed by atoms with E-state index >= 15 is 0 Å². The van der Waals surface area contributed by atoms with Crippen LogP contribution < -0.4 is 10.1 Å². The van der Waals surface area contributed by atoms with Crippen molar-refractivity contribution in [1.82, 2.24) is 0 Å². The van der Waals surface area contributed by atoms with Crippen LogP contribution in [0.15, 0.2) is 18.2 Å². The highest BCUT2D eigenvalue weighted by atomic mass is 35.5. The highest BCUT2D eigenvalue weighted by Gasteiger charge is 2.16. The Morgan fingerprint density at radius 1 is 1.59 bits per heavy atom. The molecule has 0 saturated carbocycles. The van der Waals surface area contributed by atoms with Gasteiger partial charge in [0.05, 0.1) is 12.1 Å². The Hall–Kier alpha value is -1.42. The van der Waals surface area contributed by atoms with Crippen LogP contribution in [0.1, 0.15) is 19.8 Å². The highest BCUT2D eigenvalue weighted by Crippen LogP contribution is 2.27. The quantitative estimate of drug-likeness (QED) is 0.823. The zero-order valence-electron chi connectivity index (χ0n) is 9.87. The number of nitrogens with one attached hydrogen (secondary N) is 1. The fourth-order valence-electron chi connectivity index (χ4n) is 1.50. The lowest BCUT2D eigenvalue weighted by Gasteiger charge is -2.15. The van der Waals surface area contributed by atoms with Crippen LogP contribution in [-0.4, -0.2) is 24.2 Å². The number of ether oxygens (including phenoxy) is 1. The van der Waals surface area contributed by atoms with Gasteiger partial charge in [-0.15, -0.1) is 0 Å². The average Bonchev–Trinajstić information content (AvgIpc) is 2.28. The number of halogens is 1. The molecule has 1 atom stereocenters. The second-order valence-electron chi connectivity index (χ2n) is 3.67. The van der Waals surface area contributed by atoms with Gasteiger partial charge in [-0.2, -0.15) is 0 Å². The maximum atomic E-state index is 11.0. The van der Waals surface area contributed by atoms with Gasteiger partial charge in [-0.3, -0.25) is 0 Å². The first-order chi connectivity index (χ1) is 8.08. The van der Waals surface area contributed by atoms with E-state index in [0.717, 1.165) is 6.42 Å². The van der Waals surface area contributed by atoms with Crippen molar-refractivity contribution in [2.75, 3.05) is 12.4 Å². The number of rotatable bonds is 6. The van der Waals surface area contributed by atoms with E-state index in [-0.39, 0.29) is 0 Å². The van der Waals surface area contributed by atoms with E-state index in [2.05, 4.69) is 5.32 Å². The van der Waals surface area contributed by atoms with Crippen LogP contribution >= 0.6 is 11.6 Å². The number of hydrogen-bond acceptors (Lipinski definition) is 3. The highest BCUT2D eigenvalue weighted by molar-refractivity contribution is 6.32. The number of aliphatic carboxylic acids is 1. The first-order valence-corrected chi connectivity index (χ1v) is 5.79. The van der Waals surface area contributed by atoms with Crippen molar-refractivity contribution >= 4 is 23.3 Å². The van der Waals surface area contributed by atoms with Crippen molar-refractivity contribution in [2.45, 2.75) is 25.8 Å². The smallest absolute Gasteiger partial charge is 0.326 e. The second-order valence-corrected chi connectivity index (χ2v) is 4.08. The third-order valence-corrected chi connectivity index (χ3v) is 2.66. The molecule has 17 heavy (non-hydrogen) atoms. The molecule has 0 saturated heterocycles. The van der Waals surface area contributed by atoms with Gasteiger partial charge >= 0.3 is 5.97 Å². The van der Waals surface area contributed by atoms with Gasteiger partial charge < -0.3 is 15.2 Å². The Balaban J connectivity index is 2.79. The SMILES string of the molecule is CCCC(Nc1ccc(OC)c(Cl)c1)C(=O)O. The summed E-state index contributed by atoms with van der Waals surface area (Å²) in [5, 5.41) is 12.4. The third-order valence-electron chi connectivity index (χ3n) is 2.37. The summed E-state index contributed by atoms with van der Waals surface area (Å²) >= 11 is 5.96. The molecule has 1 unspecified atom stereocenters. The zero-order valence-corrected chi connectivity index (χ0v) is 10.6. The van der Waals surface area contributed by atoms with Crippen LogP contribution in [0.25, 0.3) is 0 Å². The van der Waals surface area contributed by atoms with Gasteiger partial charge in [0.1, 0.15) is 11.8 Å². The molecule has 0 aliphatic carbocycles. The van der Waals surface area contributed by atoms with Gasteiger partial charge in [-0.25, -0.2) is 4.79 Å². The summed E-state index contributed by atoms with van der Waals surface area (Å²) in [6.07, 6.45) is 1.37. The maximum absolute atomic E-state index is 11.0. The minimum atomic E-state index is -0.862. The molecule has 0 radical (unpaired) electrons. The van der Waals surface area contributed by atoms with E-state index in [1.54, 1.807) is 18.2 Å². The molecule has 0 fully saturated rings. The molecule has 4 nitrogen and oxygen atoms in total. The van der Waals surface area contributed by atoms with Crippen LogP contribution in [0, 0.1) is 0 Å². The van der Waals surface area contributed by atoms with Gasteiger partial charge in [0.15, 0.2) is 0 Å². The third kappa shape index (κ3) is 3.82. The van der Waals surface area contributed by atoms with Crippen LogP contribution in [0.4, 0.5) is 5.69 Å². The molecule has 0 spiro atoms. The molecule has 1 aromatic carbocycles. The summed E-state index contributed by atoms with van der Waals surface area (Å²) in [7, 11) is 1.53. The monoisotopic (exact) mass is 257 g/mol. The Labute approximate surface area is 106 Å². The zero-order chi connectivity index (χ0) is 12.8. The Morgan fingerprint density at radius 2 is 2.29 bits per heavy atom. The standard InChI is InChI=1S/C12H16ClNO3/c1-3-4-10(12(15)16)14-8-5-6-11(17-2)9(13)7-8/h5-7,10,14H,3-4H2,1-2H3,(H,15,16). The predicted molar refractivity (Wildman–Crippen MR) is 68.0 cm³/mol. The van der Waals surface area contributed by atoms with E-state index in [1.807, 2.05) is 6.92 Å². The van der Waals surface area contributed by atoms with E-state index in [0.29, 0.717) is 22.9 Å². The average molecular weight is 258 g/mol. The van der Waals surface area contributed by atoms with Crippen molar-refractivity contribution in [3.05, 3.63) is 23.2 Å². The lowest BCUT2D eigenvalue weighted by Crippen LogP contribution is -2.28. The Kier molecular flexibility index (Phi) is 5.10. The molecule has 1 aromatic rings. The molecule has 1 rings (SSSR count). The number of hydrogen-bond donors (Lipinski definition) is 2. The molecule has 0 heterocycles. The molecular formula is C12H16ClNO3. The maximum Gasteiger partial charge on any atom is 0.326 e. The minimum Gasteiger partial charge on any atom is -0.495 e. The second kappa shape index (κ2) is 6.35. The number of carboxylic acid groups (broad SMARTS) is 1. The summed E-state index contributed by atoms with van der Waals surface area (Å²) in [5.41, 5.74) is 0.677. The fourth-order valence-corrected chi connectivity index (χ4v) is 1.76. The van der Waals surface area contributed by atoms with Crippen molar-refractivity contribution in [3.63, 3.8) is 0 Å². The number of carboxylic acids is 1. The lowest BCUT2D eigenvalue weighted by atomic mass is 10.1. The number of carbonyl (C=O) groups is 1. The molecular weight excluding hydrogens is 242 g/mol. The van der Waals surface area contributed by atoms with Crippen molar-refractivity contribution in [1.29, 1.82) is 0 Å². The van der Waals surface area contributed by atoms with Crippen LogP contribution in [0.3, 0.4) is 0 Å². The Morgan fingerprint density at radius 3 is 2.76 bits per heavy atom. The summed E-state index contributed by atoms with van der Waals surface area (Å²) < 4.78 is 5.02. The largest absolute Gasteiger partial charge is 0.495 e. The van der Waals surface area contributed by atoms with Crippen molar-refractivity contribution in [3.8, 4) is 5.75 Å². The first-order valence-electron chi connectivity index (χ1n) is 5.41. The van der Waals surface area contributed by atoms with Crippen LogP contribution in [-0.2, 0) is 4.79 Å². The van der Waals surface area contributed by atoms with E-state index < -0.39 is 12.0 Å². The van der Waals surface area contributed by atoms with Crippen LogP contribution in [0.2, 0.25) is 5.02 Å². The van der Waals surface area contributed by atoms with E-state index in [9.17, 15) is 4.79 Å². The van der Waals surface area contributed by atoms with Crippen molar-refractivity contribution < 1.29 is 14.6 Å². The molecule has 94 valence electrons. The van der Waals surface area contributed by atoms with E-state index in [4.69, 9.17) is 21.4 Å². The van der Waals surface area contributed by atoms with Gasteiger partial charge in [-0.05, 0) is 24.6 Å². The normalized spacial score (nSPS) is 11.9. The summed E-state index contributed by atoms with van der Waals surface area (Å²) in [4.78, 5) is 11.0. The molecule has 0 aliphatic heterocycles. The molecule has 5 heteroatoms. The molecule has 0 aromatic heterocycles. The fraction of sp³-hybridized carbons (Fsp3) is 0.417. The first kappa shape index (κ1) is 13.6. The lowest BCUT2D eigenvalue weighted by molar-refractivity contribution is -0.138. The number of methoxy groups -OCH3 is 1. The van der Waals surface area contributed by atoms with Gasteiger partial charge in [0, 0.05) is 5.69 Å². The van der Waals surface area contributed by atoms with Gasteiger partial charge in [0.25, 0.3) is 0 Å². The van der Waals surface area contributed by atoms with E-state index in [1.165, 1.54) is 7.11 Å². The number of anilines is 1. The van der Waals surface area contributed by atoms with Crippen LogP contribution in [0.5, 0.6) is 5.75 Å². The summed E-state index contributed by atoms with van der Waals surface area (Å²) in [5.74, 6) is -0.293. The summed E-state index contributed by atoms with van der Waals surface area (Å²) in [6, 6.07) is 4.52. The molecule has 2 N–H and O–H groups in total. The number of benzene rings is 1. The minimum absolute atomic E-state index is 0.457.